The number of pyridine rings is 1. The molecule has 1 saturated heterocycles. The fourth-order valence-electron chi connectivity index (χ4n) is 3.97. The Balaban J connectivity index is 1.62. The van der Waals surface area contributed by atoms with Gasteiger partial charge in [0.25, 0.3) is 5.91 Å². The van der Waals surface area contributed by atoms with Gasteiger partial charge in [-0.15, -0.1) is 0 Å². The fraction of sp³-hybridized carbons (Fsp3) is 0.450. The van der Waals surface area contributed by atoms with E-state index < -0.39 is 0 Å². The lowest BCUT2D eigenvalue weighted by molar-refractivity contribution is 0.0773. The molecule has 1 amide bonds. The summed E-state index contributed by atoms with van der Waals surface area (Å²) in [6, 6.07) is 2.03. The Morgan fingerprint density at radius 1 is 1.19 bits per heavy atom. The molecule has 0 bridgehead atoms. The van der Waals surface area contributed by atoms with Crippen molar-refractivity contribution in [1.82, 2.24) is 24.1 Å². The molecule has 0 spiro atoms. The van der Waals surface area contributed by atoms with E-state index in [1.807, 2.05) is 45.7 Å². The third kappa shape index (κ3) is 2.69. The number of aromatic nitrogens is 4. The van der Waals surface area contributed by atoms with Crippen molar-refractivity contribution in [1.29, 1.82) is 0 Å². The second-order valence-electron chi connectivity index (χ2n) is 8.21. The van der Waals surface area contributed by atoms with Crippen LogP contribution >= 0.6 is 0 Å². The van der Waals surface area contributed by atoms with Gasteiger partial charge in [0.2, 0.25) is 0 Å². The van der Waals surface area contributed by atoms with Gasteiger partial charge >= 0.3 is 0 Å². The van der Waals surface area contributed by atoms with Crippen LogP contribution in [-0.2, 0) is 7.05 Å². The van der Waals surface area contributed by atoms with Gasteiger partial charge in [0.05, 0.1) is 6.20 Å². The maximum atomic E-state index is 13.1. The van der Waals surface area contributed by atoms with E-state index >= 15 is 0 Å². The highest BCUT2D eigenvalue weighted by atomic mass is 16.2. The molecule has 6 nitrogen and oxygen atoms in total. The molecule has 1 fully saturated rings. The molecule has 26 heavy (non-hydrogen) atoms. The quantitative estimate of drug-likeness (QED) is 0.713. The lowest BCUT2D eigenvalue weighted by atomic mass is 9.79. The minimum Gasteiger partial charge on any atom is -0.336 e. The van der Waals surface area contributed by atoms with Gasteiger partial charge in [-0.05, 0) is 42.0 Å². The average molecular weight is 351 g/mol. The molecule has 3 aromatic heterocycles. The lowest BCUT2D eigenvalue weighted by Gasteiger charge is -2.24. The van der Waals surface area contributed by atoms with Gasteiger partial charge in [-0.25, -0.2) is 4.98 Å². The van der Waals surface area contributed by atoms with Crippen LogP contribution in [0.1, 0.15) is 46.9 Å². The Bertz CT molecular complexity index is 958. The summed E-state index contributed by atoms with van der Waals surface area (Å²) in [5.41, 5.74) is 4.89. The molecular weight excluding hydrogens is 326 g/mol. The predicted molar refractivity (Wildman–Crippen MR) is 100 cm³/mol. The molecule has 1 aliphatic rings. The molecule has 1 unspecified atom stereocenters. The van der Waals surface area contributed by atoms with Crippen molar-refractivity contribution in [2.24, 2.45) is 12.5 Å². The summed E-state index contributed by atoms with van der Waals surface area (Å²) in [6.45, 7) is 9.98. The highest BCUT2D eigenvalue weighted by molar-refractivity contribution is 5.93. The van der Waals surface area contributed by atoms with Crippen LogP contribution in [0.3, 0.4) is 0 Å². The second-order valence-corrected chi connectivity index (χ2v) is 8.21. The van der Waals surface area contributed by atoms with Crippen molar-refractivity contribution >= 4 is 11.6 Å². The summed E-state index contributed by atoms with van der Waals surface area (Å²) in [4.78, 5) is 19.6. The third-order valence-corrected chi connectivity index (χ3v) is 5.64. The van der Waals surface area contributed by atoms with Crippen LogP contribution in [0.2, 0.25) is 0 Å². The minimum absolute atomic E-state index is 0.00321. The highest BCUT2D eigenvalue weighted by Crippen LogP contribution is 2.42. The Labute approximate surface area is 153 Å². The first-order valence-corrected chi connectivity index (χ1v) is 8.98. The van der Waals surface area contributed by atoms with Crippen molar-refractivity contribution in [3.63, 3.8) is 0 Å². The van der Waals surface area contributed by atoms with Crippen LogP contribution in [0.25, 0.3) is 5.65 Å². The van der Waals surface area contributed by atoms with Crippen LogP contribution in [-0.4, -0.2) is 43.1 Å². The molecule has 1 atom stereocenters. The number of likely N-dealkylation sites (tertiary alicyclic amines) is 1. The van der Waals surface area contributed by atoms with E-state index in [1.165, 1.54) is 16.7 Å². The maximum absolute atomic E-state index is 13.1. The number of fused-ring (bicyclic) bond motifs is 1. The normalized spacial score (nSPS) is 19.4. The standard InChI is InChI=1S/C20H25N5O/c1-13-6-18-22-17(11-24(18)8-14(13)2)19(26)25-10-16(20(3,4)12-25)15-7-21-23(5)9-15/h6-9,11,16H,10,12H2,1-5H3. The van der Waals surface area contributed by atoms with Gasteiger partial charge in [0.1, 0.15) is 11.3 Å². The van der Waals surface area contributed by atoms with Crippen molar-refractivity contribution in [2.45, 2.75) is 33.6 Å². The summed E-state index contributed by atoms with van der Waals surface area (Å²) in [5.74, 6) is 0.283. The summed E-state index contributed by atoms with van der Waals surface area (Å²) in [5, 5.41) is 4.30. The molecule has 0 N–H and O–H groups in total. The molecule has 0 aromatic carbocycles. The molecule has 3 aromatic rings. The zero-order chi connectivity index (χ0) is 18.6. The van der Waals surface area contributed by atoms with E-state index in [2.05, 4.69) is 44.0 Å². The largest absolute Gasteiger partial charge is 0.336 e. The lowest BCUT2D eigenvalue weighted by Crippen LogP contribution is -2.30. The van der Waals surface area contributed by atoms with Gasteiger partial charge in [-0.2, -0.15) is 5.10 Å². The molecule has 4 heterocycles. The Morgan fingerprint density at radius 2 is 1.96 bits per heavy atom. The van der Waals surface area contributed by atoms with Crippen molar-refractivity contribution in [3.05, 3.63) is 53.2 Å². The molecular formula is C20H25N5O. The van der Waals surface area contributed by atoms with Crippen LogP contribution in [0.5, 0.6) is 0 Å². The van der Waals surface area contributed by atoms with Crippen LogP contribution < -0.4 is 0 Å². The summed E-state index contributed by atoms with van der Waals surface area (Å²) in [6.07, 6.45) is 7.84. The van der Waals surface area contributed by atoms with Gasteiger partial charge in [0, 0.05) is 44.6 Å². The highest BCUT2D eigenvalue weighted by Gasteiger charge is 2.43. The second kappa shape index (κ2) is 5.69. The summed E-state index contributed by atoms with van der Waals surface area (Å²) < 4.78 is 3.76. The maximum Gasteiger partial charge on any atom is 0.274 e. The molecule has 0 radical (unpaired) electrons. The number of hydrogen-bond donors (Lipinski definition) is 0. The van der Waals surface area contributed by atoms with E-state index in [4.69, 9.17) is 0 Å². The van der Waals surface area contributed by atoms with Crippen LogP contribution in [0.4, 0.5) is 0 Å². The Hall–Kier alpha value is -2.63. The number of nitrogens with zero attached hydrogens (tertiary/aromatic N) is 5. The number of rotatable bonds is 2. The predicted octanol–water partition coefficient (Wildman–Crippen LogP) is 2.95. The van der Waals surface area contributed by atoms with Gasteiger partial charge in [0.15, 0.2) is 0 Å². The first-order chi connectivity index (χ1) is 12.2. The topological polar surface area (TPSA) is 55.4 Å². The smallest absolute Gasteiger partial charge is 0.274 e. The van der Waals surface area contributed by atoms with Gasteiger partial charge in [-0.1, -0.05) is 13.8 Å². The third-order valence-electron chi connectivity index (χ3n) is 5.64. The van der Waals surface area contributed by atoms with E-state index in [1.54, 1.807) is 0 Å². The first-order valence-electron chi connectivity index (χ1n) is 8.98. The summed E-state index contributed by atoms with van der Waals surface area (Å²) >= 11 is 0. The van der Waals surface area contributed by atoms with E-state index in [0.29, 0.717) is 12.2 Å². The number of carbonyl (C=O) groups excluding carboxylic acids is 1. The Morgan fingerprint density at radius 3 is 2.65 bits per heavy atom. The van der Waals surface area contributed by atoms with Crippen molar-refractivity contribution in [2.75, 3.05) is 13.1 Å². The van der Waals surface area contributed by atoms with Crippen molar-refractivity contribution in [3.8, 4) is 0 Å². The SMILES string of the molecule is Cc1cc2nc(C(=O)N3CC(c4cnn(C)c4)C(C)(C)C3)cn2cc1C. The monoisotopic (exact) mass is 351 g/mol. The average Bonchev–Trinajstić information content (AvgIpc) is 3.24. The van der Waals surface area contributed by atoms with Crippen LogP contribution in [0.15, 0.2) is 30.9 Å². The molecule has 4 rings (SSSR count). The number of imidazole rings is 1. The first kappa shape index (κ1) is 16.8. The number of amides is 1. The molecule has 0 saturated carbocycles. The van der Waals surface area contributed by atoms with Crippen molar-refractivity contribution < 1.29 is 4.79 Å². The minimum atomic E-state index is 0.00321. The molecule has 1 aliphatic heterocycles. The molecule has 0 aliphatic carbocycles. The van der Waals surface area contributed by atoms with E-state index in [0.717, 1.165) is 12.2 Å². The van der Waals surface area contributed by atoms with E-state index in [9.17, 15) is 4.79 Å². The Kier molecular flexibility index (Phi) is 3.68. The summed E-state index contributed by atoms with van der Waals surface area (Å²) in [7, 11) is 1.93. The number of carbonyl (C=O) groups is 1. The number of hydrogen-bond acceptors (Lipinski definition) is 3. The molecule has 136 valence electrons. The zero-order valence-electron chi connectivity index (χ0n) is 16.0. The zero-order valence-corrected chi connectivity index (χ0v) is 16.0. The van der Waals surface area contributed by atoms with Gasteiger partial charge < -0.3 is 9.30 Å². The number of aryl methyl sites for hydroxylation is 3. The van der Waals surface area contributed by atoms with E-state index in [-0.39, 0.29) is 17.2 Å². The fourth-order valence-corrected chi connectivity index (χ4v) is 3.97. The van der Waals surface area contributed by atoms with Crippen LogP contribution in [0, 0.1) is 19.3 Å². The molecule has 6 heteroatoms. The van der Waals surface area contributed by atoms with Gasteiger partial charge in [-0.3, -0.25) is 9.48 Å².